The van der Waals surface area contributed by atoms with Gasteiger partial charge in [0, 0.05) is 4.47 Å². The molecule has 0 radical (unpaired) electrons. The smallest absolute Gasteiger partial charge is 0.241 e. The quantitative estimate of drug-likeness (QED) is 0.882. The minimum Gasteiger partial charge on any atom is -0.323 e. The third-order valence-electron chi connectivity index (χ3n) is 2.56. The first-order valence-corrected chi connectivity index (χ1v) is 6.33. The Morgan fingerprint density at radius 2 is 2.38 bits per heavy atom. The number of anilines is 1. The van der Waals surface area contributed by atoms with Crippen LogP contribution in [0.25, 0.3) is 0 Å². The highest BCUT2D eigenvalue weighted by molar-refractivity contribution is 9.10. The van der Waals surface area contributed by atoms with E-state index in [4.69, 9.17) is 11.6 Å². The van der Waals surface area contributed by atoms with E-state index in [0.717, 1.165) is 23.9 Å². The summed E-state index contributed by atoms with van der Waals surface area (Å²) in [4.78, 5) is 11.8. The third-order valence-corrected chi connectivity index (χ3v) is 3.39. The van der Waals surface area contributed by atoms with E-state index < -0.39 is 0 Å². The molecule has 0 spiro atoms. The average molecular weight is 304 g/mol. The van der Waals surface area contributed by atoms with Crippen LogP contribution >= 0.6 is 27.5 Å². The van der Waals surface area contributed by atoms with E-state index in [1.54, 1.807) is 12.1 Å². The molecule has 1 aliphatic rings. The Morgan fingerprint density at radius 3 is 3.06 bits per heavy atom. The number of hydrogen-bond donors (Lipinski definition) is 2. The molecule has 1 fully saturated rings. The summed E-state index contributed by atoms with van der Waals surface area (Å²) >= 11 is 9.34. The molecule has 0 saturated carbocycles. The lowest BCUT2D eigenvalue weighted by molar-refractivity contribution is -0.117. The fourth-order valence-electron chi connectivity index (χ4n) is 1.72. The van der Waals surface area contributed by atoms with Crippen molar-refractivity contribution >= 4 is 39.1 Å². The monoisotopic (exact) mass is 302 g/mol. The van der Waals surface area contributed by atoms with Gasteiger partial charge >= 0.3 is 0 Å². The van der Waals surface area contributed by atoms with E-state index >= 15 is 0 Å². The molecule has 1 atom stereocenters. The molecule has 1 heterocycles. The Balaban J connectivity index is 2.07. The summed E-state index contributed by atoms with van der Waals surface area (Å²) < 4.78 is 0.895. The topological polar surface area (TPSA) is 41.1 Å². The first kappa shape index (κ1) is 11.9. The second kappa shape index (κ2) is 5.17. The Kier molecular flexibility index (Phi) is 3.84. The van der Waals surface area contributed by atoms with Gasteiger partial charge in [-0.1, -0.05) is 27.5 Å². The molecule has 1 aromatic rings. The standard InChI is InChI=1S/C11H12BrClN2O/c12-7-3-4-8(13)10(6-7)15-11(16)9-2-1-5-14-9/h3-4,6,9,14H,1-2,5H2,(H,15,16). The number of benzene rings is 1. The van der Waals surface area contributed by atoms with Gasteiger partial charge in [-0.25, -0.2) is 0 Å². The van der Waals surface area contributed by atoms with Crippen molar-refractivity contribution in [1.29, 1.82) is 0 Å². The fraction of sp³-hybridized carbons (Fsp3) is 0.364. The van der Waals surface area contributed by atoms with E-state index in [2.05, 4.69) is 26.6 Å². The van der Waals surface area contributed by atoms with Crippen LogP contribution < -0.4 is 10.6 Å². The van der Waals surface area contributed by atoms with Crippen molar-refractivity contribution in [2.45, 2.75) is 18.9 Å². The number of halogens is 2. The van der Waals surface area contributed by atoms with E-state index in [1.165, 1.54) is 0 Å². The van der Waals surface area contributed by atoms with Gasteiger partial charge in [0.1, 0.15) is 0 Å². The summed E-state index contributed by atoms with van der Waals surface area (Å²) in [6.45, 7) is 0.907. The molecule has 1 unspecified atom stereocenters. The molecule has 2 N–H and O–H groups in total. The summed E-state index contributed by atoms with van der Waals surface area (Å²) in [7, 11) is 0. The second-order valence-corrected chi connectivity index (χ2v) is 5.09. The Labute approximate surface area is 108 Å². The van der Waals surface area contributed by atoms with Gasteiger partial charge in [0.15, 0.2) is 0 Å². The SMILES string of the molecule is O=C(Nc1cc(Br)ccc1Cl)C1CCCN1. The number of hydrogen-bond acceptors (Lipinski definition) is 2. The molecule has 16 heavy (non-hydrogen) atoms. The molecular weight excluding hydrogens is 291 g/mol. The largest absolute Gasteiger partial charge is 0.323 e. The molecule has 1 amide bonds. The normalized spacial score (nSPS) is 19.8. The van der Waals surface area contributed by atoms with Crippen molar-refractivity contribution < 1.29 is 4.79 Å². The zero-order chi connectivity index (χ0) is 11.5. The summed E-state index contributed by atoms with van der Waals surface area (Å²) in [6, 6.07) is 5.31. The molecule has 1 aromatic carbocycles. The summed E-state index contributed by atoms with van der Waals surface area (Å²) in [5.74, 6) is -0.0162. The van der Waals surface area contributed by atoms with E-state index in [0.29, 0.717) is 10.7 Å². The van der Waals surface area contributed by atoms with Gasteiger partial charge in [-0.15, -0.1) is 0 Å². The Bertz CT molecular complexity index is 405. The molecule has 1 saturated heterocycles. The zero-order valence-corrected chi connectivity index (χ0v) is 10.9. The van der Waals surface area contributed by atoms with Crippen molar-refractivity contribution in [1.82, 2.24) is 5.32 Å². The third kappa shape index (κ3) is 2.75. The Morgan fingerprint density at radius 1 is 1.56 bits per heavy atom. The molecule has 0 bridgehead atoms. The maximum Gasteiger partial charge on any atom is 0.241 e. The van der Waals surface area contributed by atoms with Gasteiger partial charge in [-0.05, 0) is 37.6 Å². The van der Waals surface area contributed by atoms with Crippen LogP contribution in [0.15, 0.2) is 22.7 Å². The van der Waals surface area contributed by atoms with Crippen molar-refractivity contribution in [2.24, 2.45) is 0 Å². The molecule has 3 nitrogen and oxygen atoms in total. The minimum atomic E-state index is -0.0879. The highest BCUT2D eigenvalue weighted by Gasteiger charge is 2.22. The summed E-state index contributed by atoms with van der Waals surface area (Å²) in [5.41, 5.74) is 0.648. The number of carbonyl (C=O) groups excluding carboxylic acids is 1. The zero-order valence-electron chi connectivity index (χ0n) is 8.59. The molecule has 0 aliphatic carbocycles. The number of amides is 1. The minimum absolute atomic E-state index is 0.0162. The van der Waals surface area contributed by atoms with Crippen LogP contribution in [0.3, 0.4) is 0 Å². The maximum absolute atomic E-state index is 11.8. The van der Waals surface area contributed by atoms with E-state index in [9.17, 15) is 4.79 Å². The molecule has 0 aromatic heterocycles. The van der Waals surface area contributed by atoms with Gasteiger partial charge in [-0.3, -0.25) is 4.79 Å². The molecular formula is C11H12BrClN2O. The van der Waals surface area contributed by atoms with Crippen LogP contribution in [0.1, 0.15) is 12.8 Å². The lowest BCUT2D eigenvalue weighted by Gasteiger charge is -2.12. The highest BCUT2D eigenvalue weighted by Crippen LogP contribution is 2.26. The van der Waals surface area contributed by atoms with Gasteiger partial charge in [-0.2, -0.15) is 0 Å². The van der Waals surface area contributed by atoms with E-state index in [-0.39, 0.29) is 11.9 Å². The van der Waals surface area contributed by atoms with Crippen LogP contribution in [0, 0.1) is 0 Å². The van der Waals surface area contributed by atoms with E-state index in [1.807, 2.05) is 6.07 Å². The predicted molar refractivity (Wildman–Crippen MR) is 68.8 cm³/mol. The van der Waals surface area contributed by atoms with Crippen molar-refractivity contribution in [3.05, 3.63) is 27.7 Å². The van der Waals surface area contributed by atoms with Gasteiger partial charge < -0.3 is 10.6 Å². The first-order chi connectivity index (χ1) is 7.66. The van der Waals surface area contributed by atoms with Crippen LogP contribution in [-0.2, 0) is 4.79 Å². The second-order valence-electron chi connectivity index (χ2n) is 3.76. The molecule has 2 rings (SSSR count). The van der Waals surface area contributed by atoms with Crippen LogP contribution in [0.5, 0.6) is 0 Å². The average Bonchev–Trinajstić information content (AvgIpc) is 2.76. The highest BCUT2D eigenvalue weighted by atomic mass is 79.9. The summed E-state index contributed by atoms with van der Waals surface area (Å²) in [5, 5.41) is 6.52. The predicted octanol–water partition coefficient (Wildman–Crippen LogP) is 2.79. The lowest BCUT2D eigenvalue weighted by atomic mass is 10.2. The van der Waals surface area contributed by atoms with Gasteiger partial charge in [0.2, 0.25) is 5.91 Å². The maximum atomic E-state index is 11.8. The Hall–Kier alpha value is -0.580. The molecule has 5 heteroatoms. The molecule has 1 aliphatic heterocycles. The summed E-state index contributed by atoms with van der Waals surface area (Å²) in [6.07, 6.45) is 1.93. The number of rotatable bonds is 2. The van der Waals surface area contributed by atoms with Crippen LogP contribution in [0.4, 0.5) is 5.69 Å². The van der Waals surface area contributed by atoms with Gasteiger partial charge in [0.25, 0.3) is 0 Å². The van der Waals surface area contributed by atoms with Crippen LogP contribution in [0.2, 0.25) is 5.02 Å². The fourth-order valence-corrected chi connectivity index (χ4v) is 2.25. The number of nitrogens with one attached hydrogen (secondary N) is 2. The lowest BCUT2D eigenvalue weighted by Crippen LogP contribution is -2.35. The van der Waals surface area contributed by atoms with Crippen molar-refractivity contribution in [2.75, 3.05) is 11.9 Å². The molecule has 86 valence electrons. The van der Waals surface area contributed by atoms with Gasteiger partial charge in [0.05, 0.1) is 16.8 Å². The van der Waals surface area contributed by atoms with Crippen LogP contribution in [-0.4, -0.2) is 18.5 Å². The first-order valence-electron chi connectivity index (χ1n) is 5.16. The number of carbonyl (C=O) groups is 1. The van der Waals surface area contributed by atoms with Crippen molar-refractivity contribution in [3.8, 4) is 0 Å². The van der Waals surface area contributed by atoms with Crippen molar-refractivity contribution in [3.63, 3.8) is 0 Å².